The third-order valence-corrected chi connectivity index (χ3v) is 4.69. The molecule has 2 N–H and O–H groups in total. The lowest BCUT2D eigenvalue weighted by Crippen LogP contribution is -2.44. The van der Waals surface area contributed by atoms with Crippen LogP contribution in [-0.4, -0.2) is 50.2 Å². The number of fused-ring (bicyclic) bond motifs is 1. The summed E-state index contributed by atoms with van der Waals surface area (Å²) in [5.41, 5.74) is 2.67. The molecule has 0 aliphatic rings. The van der Waals surface area contributed by atoms with E-state index in [9.17, 15) is 9.59 Å². The first-order valence-corrected chi connectivity index (χ1v) is 9.39. The number of benzene rings is 2. The Morgan fingerprint density at radius 3 is 2.70 bits per heavy atom. The number of carbonyl (C=O) groups excluding carboxylic acids is 2. The van der Waals surface area contributed by atoms with E-state index in [1.807, 2.05) is 60.8 Å². The number of hydrogen-bond acceptors (Lipinski definition) is 6. The van der Waals surface area contributed by atoms with Crippen LogP contribution in [0.3, 0.4) is 0 Å². The Balaban J connectivity index is 1.45. The fourth-order valence-corrected chi connectivity index (χ4v) is 3.24. The van der Waals surface area contributed by atoms with E-state index in [0.717, 1.165) is 22.0 Å². The molecule has 2 heterocycles. The van der Waals surface area contributed by atoms with E-state index in [4.69, 9.17) is 4.74 Å². The second-order valence-corrected chi connectivity index (χ2v) is 6.72. The van der Waals surface area contributed by atoms with Crippen LogP contribution in [0.4, 0.5) is 0 Å². The van der Waals surface area contributed by atoms with Crippen LogP contribution >= 0.6 is 0 Å². The van der Waals surface area contributed by atoms with Crippen molar-refractivity contribution in [2.45, 2.75) is 19.0 Å². The van der Waals surface area contributed by atoms with Gasteiger partial charge in [-0.1, -0.05) is 48.5 Å². The summed E-state index contributed by atoms with van der Waals surface area (Å²) in [7, 11) is 1.29. The van der Waals surface area contributed by atoms with Crippen LogP contribution < -0.4 is 5.32 Å². The maximum absolute atomic E-state index is 12.5. The summed E-state index contributed by atoms with van der Waals surface area (Å²) in [6.45, 7) is -0.165. The van der Waals surface area contributed by atoms with Crippen LogP contribution in [0.15, 0.2) is 60.8 Å². The molecule has 0 fully saturated rings. The summed E-state index contributed by atoms with van der Waals surface area (Å²) in [6.07, 6.45) is 2.13. The molecule has 1 atom stereocenters. The number of rotatable bonds is 7. The number of H-pyrrole nitrogens is 1. The Morgan fingerprint density at radius 1 is 1.13 bits per heavy atom. The zero-order valence-electron chi connectivity index (χ0n) is 16.3. The normalized spacial score (nSPS) is 11.9. The molecule has 0 spiro atoms. The van der Waals surface area contributed by atoms with Crippen molar-refractivity contribution < 1.29 is 14.3 Å². The number of ether oxygens (including phenoxy) is 1. The molecule has 1 unspecified atom stereocenters. The molecule has 9 heteroatoms. The maximum Gasteiger partial charge on any atom is 0.328 e. The molecule has 1 amide bonds. The highest BCUT2D eigenvalue weighted by Crippen LogP contribution is 2.19. The molecule has 0 bridgehead atoms. The number of carbonyl (C=O) groups is 2. The van der Waals surface area contributed by atoms with Crippen molar-refractivity contribution in [1.29, 1.82) is 0 Å². The summed E-state index contributed by atoms with van der Waals surface area (Å²) in [6, 6.07) is 16.3. The van der Waals surface area contributed by atoms with Crippen LogP contribution in [0.5, 0.6) is 0 Å². The van der Waals surface area contributed by atoms with Crippen molar-refractivity contribution in [3.63, 3.8) is 0 Å². The van der Waals surface area contributed by atoms with Gasteiger partial charge in [0, 0.05) is 29.1 Å². The van der Waals surface area contributed by atoms with Gasteiger partial charge in [0.05, 0.1) is 7.11 Å². The van der Waals surface area contributed by atoms with E-state index in [1.54, 1.807) is 0 Å². The predicted octanol–water partition coefficient (Wildman–Crippen LogP) is 1.72. The highest BCUT2D eigenvalue weighted by molar-refractivity contribution is 5.87. The first kappa shape index (κ1) is 19.3. The van der Waals surface area contributed by atoms with Gasteiger partial charge in [-0.2, -0.15) is 4.80 Å². The number of aromatic nitrogens is 5. The smallest absolute Gasteiger partial charge is 0.328 e. The molecule has 0 aliphatic heterocycles. The van der Waals surface area contributed by atoms with Gasteiger partial charge in [-0.3, -0.25) is 4.79 Å². The van der Waals surface area contributed by atoms with Crippen molar-refractivity contribution >= 4 is 22.8 Å². The highest BCUT2D eigenvalue weighted by Gasteiger charge is 2.24. The number of tetrazole rings is 1. The molecule has 0 saturated heterocycles. The Kier molecular flexibility index (Phi) is 5.51. The minimum absolute atomic E-state index is 0.165. The van der Waals surface area contributed by atoms with Gasteiger partial charge in [-0.15, -0.1) is 10.2 Å². The van der Waals surface area contributed by atoms with Gasteiger partial charge in [0.2, 0.25) is 11.7 Å². The Hall–Kier alpha value is -4.01. The number of esters is 1. The number of hydrogen-bond donors (Lipinski definition) is 2. The third kappa shape index (κ3) is 4.19. The van der Waals surface area contributed by atoms with Crippen molar-refractivity contribution in [2.24, 2.45) is 0 Å². The fourth-order valence-electron chi connectivity index (χ4n) is 3.24. The Labute approximate surface area is 172 Å². The van der Waals surface area contributed by atoms with Crippen molar-refractivity contribution in [1.82, 2.24) is 30.5 Å². The maximum atomic E-state index is 12.5. The van der Waals surface area contributed by atoms with Crippen LogP contribution in [0.2, 0.25) is 0 Å². The van der Waals surface area contributed by atoms with Gasteiger partial charge in [0.15, 0.2) is 0 Å². The van der Waals surface area contributed by atoms with Crippen LogP contribution in [0.1, 0.15) is 5.56 Å². The van der Waals surface area contributed by atoms with Gasteiger partial charge in [0.25, 0.3) is 0 Å². The summed E-state index contributed by atoms with van der Waals surface area (Å²) in [5.74, 6) is -0.515. The number of para-hydroxylation sites is 1. The SMILES string of the molecule is COC(=O)C(Cc1c[nH]c2ccccc12)NC(=O)Cn1nnc(-c2ccccc2)n1. The topological polar surface area (TPSA) is 115 Å². The lowest BCUT2D eigenvalue weighted by molar-refractivity contribution is -0.145. The second kappa shape index (κ2) is 8.56. The average Bonchev–Trinajstić information content (AvgIpc) is 3.41. The lowest BCUT2D eigenvalue weighted by atomic mass is 10.0. The molecule has 2 aromatic carbocycles. The molecule has 4 aromatic rings. The number of aromatic amines is 1. The molecule has 9 nitrogen and oxygen atoms in total. The highest BCUT2D eigenvalue weighted by atomic mass is 16.5. The van der Waals surface area contributed by atoms with E-state index in [-0.39, 0.29) is 6.54 Å². The molecule has 4 rings (SSSR count). The molecule has 0 radical (unpaired) electrons. The molecule has 0 saturated carbocycles. The van der Waals surface area contributed by atoms with E-state index >= 15 is 0 Å². The van der Waals surface area contributed by atoms with E-state index in [2.05, 4.69) is 25.7 Å². The van der Waals surface area contributed by atoms with Crippen molar-refractivity contribution in [2.75, 3.05) is 7.11 Å². The zero-order chi connectivity index (χ0) is 20.9. The quantitative estimate of drug-likeness (QED) is 0.453. The number of nitrogens with zero attached hydrogens (tertiary/aromatic N) is 4. The molecular formula is C21H20N6O3. The molecule has 30 heavy (non-hydrogen) atoms. The Bertz CT molecular complexity index is 1170. The van der Waals surface area contributed by atoms with Gasteiger partial charge >= 0.3 is 5.97 Å². The summed E-state index contributed by atoms with van der Waals surface area (Å²) in [4.78, 5) is 29.1. The lowest BCUT2D eigenvalue weighted by Gasteiger charge is -2.16. The molecule has 152 valence electrons. The molecule has 2 aromatic heterocycles. The van der Waals surface area contributed by atoms with Crippen molar-refractivity contribution in [3.8, 4) is 11.4 Å². The predicted molar refractivity (Wildman–Crippen MR) is 109 cm³/mol. The summed E-state index contributed by atoms with van der Waals surface area (Å²) < 4.78 is 4.87. The largest absolute Gasteiger partial charge is 0.467 e. The molecular weight excluding hydrogens is 384 g/mol. The van der Waals surface area contributed by atoms with Gasteiger partial charge in [-0.05, 0) is 16.8 Å². The van der Waals surface area contributed by atoms with E-state index in [1.165, 1.54) is 11.9 Å². The number of methoxy groups -OCH3 is 1. The van der Waals surface area contributed by atoms with E-state index < -0.39 is 17.9 Å². The minimum atomic E-state index is -0.834. The average molecular weight is 404 g/mol. The first-order valence-electron chi connectivity index (χ1n) is 9.39. The molecule has 0 aliphatic carbocycles. The standard InChI is InChI=1S/C21H20N6O3/c1-30-21(29)18(11-15-12-22-17-10-6-5-9-16(15)17)23-19(28)13-27-25-20(24-26-27)14-7-3-2-4-8-14/h2-10,12,18,22H,11,13H2,1H3,(H,23,28). The van der Waals surface area contributed by atoms with E-state index in [0.29, 0.717) is 12.2 Å². The minimum Gasteiger partial charge on any atom is -0.467 e. The summed E-state index contributed by atoms with van der Waals surface area (Å²) in [5, 5.41) is 15.8. The third-order valence-electron chi connectivity index (χ3n) is 4.69. The first-order chi connectivity index (χ1) is 14.6. The second-order valence-electron chi connectivity index (χ2n) is 6.72. The zero-order valence-corrected chi connectivity index (χ0v) is 16.3. The fraction of sp³-hybridized carbons (Fsp3) is 0.190. The monoisotopic (exact) mass is 404 g/mol. The van der Waals surface area contributed by atoms with Crippen LogP contribution in [0.25, 0.3) is 22.3 Å². The van der Waals surface area contributed by atoms with Gasteiger partial charge in [0.1, 0.15) is 12.6 Å². The van der Waals surface area contributed by atoms with Crippen LogP contribution in [0, 0.1) is 0 Å². The number of nitrogens with one attached hydrogen (secondary N) is 2. The van der Waals surface area contributed by atoms with Gasteiger partial charge in [-0.25, -0.2) is 4.79 Å². The summed E-state index contributed by atoms with van der Waals surface area (Å²) >= 11 is 0. The van der Waals surface area contributed by atoms with Crippen LogP contribution in [-0.2, 0) is 27.3 Å². The Morgan fingerprint density at radius 2 is 1.90 bits per heavy atom. The number of amides is 1. The van der Waals surface area contributed by atoms with Crippen molar-refractivity contribution in [3.05, 3.63) is 66.4 Å². The van der Waals surface area contributed by atoms with Gasteiger partial charge < -0.3 is 15.0 Å².